The number of rotatable bonds is 3. The highest BCUT2D eigenvalue weighted by Gasteiger charge is 2.30. The van der Waals surface area contributed by atoms with Crippen LogP contribution in [-0.4, -0.2) is 6.29 Å². The van der Waals surface area contributed by atoms with Crippen molar-refractivity contribution in [1.29, 1.82) is 0 Å². The number of hydrogen-bond donors (Lipinski definition) is 0. The third-order valence-electron chi connectivity index (χ3n) is 2.85. The zero-order valence-electron chi connectivity index (χ0n) is 10.7. The fourth-order valence-corrected chi connectivity index (χ4v) is 1.98. The second-order valence-electron chi connectivity index (χ2n) is 4.35. The zero-order valence-corrected chi connectivity index (χ0v) is 11.4. The van der Waals surface area contributed by atoms with Gasteiger partial charge in [-0.1, -0.05) is 42.0 Å². The Balaban J connectivity index is 2.32. The van der Waals surface area contributed by atoms with Crippen LogP contribution >= 0.6 is 11.6 Å². The van der Waals surface area contributed by atoms with Crippen LogP contribution in [0.1, 0.15) is 27.0 Å². The van der Waals surface area contributed by atoms with Gasteiger partial charge in [-0.15, -0.1) is 0 Å². The van der Waals surface area contributed by atoms with E-state index in [1.807, 2.05) is 0 Å². The maximum absolute atomic E-state index is 12.6. The average Bonchev–Trinajstić information content (AvgIpc) is 2.45. The van der Waals surface area contributed by atoms with Gasteiger partial charge in [-0.2, -0.15) is 13.2 Å². The summed E-state index contributed by atoms with van der Waals surface area (Å²) in [7, 11) is 0. The van der Waals surface area contributed by atoms with Gasteiger partial charge in [0.15, 0.2) is 6.29 Å². The summed E-state index contributed by atoms with van der Waals surface area (Å²) in [6.07, 6.45) is -0.628. The van der Waals surface area contributed by atoms with Crippen LogP contribution < -0.4 is 0 Å². The average molecular weight is 311 g/mol. The van der Waals surface area contributed by atoms with Crippen LogP contribution in [0, 0.1) is 0 Å². The fourth-order valence-electron chi connectivity index (χ4n) is 1.80. The molecule has 0 N–H and O–H groups in total. The standard InChI is InChI=1S/C16H10ClF3O/c17-15-7-6-12(13(9-15)10-21)5-4-11-2-1-3-14(8-11)16(18,19)20/h1-10H. The lowest BCUT2D eigenvalue weighted by Crippen LogP contribution is -2.04. The first-order chi connectivity index (χ1) is 9.90. The molecule has 0 unspecified atom stereocenters. The number of aldehydes is 1. The molecule has 0 aliphatic rings. The summed E-state index contributed by atoms with van der Waals surface area (Å²) >= 11 is 5.78. The number of carbonyl (C=O) groups excluding carboxylic acids is 1. The Morgan fingerprint density at radius 1 is 0.952 bits per heavy atom. The molecule has 21 heavy (non-hydrogen) atoms. The summed E-state index contributed by atoms with van der Waals surface area (Å²) in [5.41, 5.74) is 0.658. The Hall–Kier alpha value is -2.07. The SMILES string of the molecule is O=Cc1cc(Cl)ccc1C=Cc1cccc(C(F)(F)F)c1. The summed E-state index contributed by atoms with van der Waals surface area (Å²) in [6, 6.07) is 9.70. The monoisotopic (exact) mass is 310 g/mol. The van der Waals surface area contributed by atoms with Crippen molar-refractivity contribution in [2.75, 3.05) is 0 Å². The third-order valence-corrected chi connectivity index (χ3v) is 3.08. The van der Waals surface area contributed by atoms with Gasteiger partial charge in [-0.25, -0.2) is 0 Å². The molecule has 2 rings (SSSR count). The molecule has 0 heterocycles. The molecule has 2 aromatic rings. The zero-order chi connectivity index (χ0) is 15.5. The minimum absolute atomic E-state index is 0.380. The second kappa shape index (κ2) is 6.14. The van der Waals surface area contributed by atoms with Gasteiger partial charge in [-0.3, -0.25) is 4.79 Å². The lowest BCUT2D eigenvalue weighted by Gasteiger charge is -2.06. The van der Waals surface area contributed by atoms with E-state index in [9.17, 15) is 18.0 Å². The number of benzene rings is 2. The summed E-state index contributed by atoms with van der Waals surface area (Å²) in [4.78, 5) is 10.9. The summed E-state index contributed by atoms with van der Waals surface area (Å²) in [6.45, 7) is 0. The van der Waals surface area contributed by atoms with Gasteiger partial charge in [0, 0.05) is 10.6 Å². The molecule has 0 saturated carbocycles. The maximum Gasteiger partial charge on any atom is 0.416 e. The van der Waals surface area contributed by atoms with Gasteiger partial charge in [0.2, 0.25) is 0 Å². The molecular formula is C16H10ClF3O. The van der Waals surface area contributed by atoms with E-state index in [0.717, 1.165) is 12.1 Å². The maximum atomic E-state index is 12.6. The molecule has 0 saturated heterocycles. The minimum atomic E-state index is -4.38. The largest absolute Gasteiger partial charge is 0.416 e. The van der Waals surface area contributed by atoms with E-state index >= 15 is 0 Å². The van der Waals surface area contributed by atoms with E-state index in [2.05, 4.69) is 0 Å². The predicted molar refractivity (Wildman–Crippen MR) is 77.2 cm³/mol. The fraction of sp³-hybridized carbons (Fsp3) is 0.0625. The molecule has 0 aliphatic heterocycles. The molecule has 0 fully saturated rings. The van der Waals surface area contributed by atoms with Crippen molar-refractivity contribution in [3.63, 3.8) is 0 Å². The summed E-state index contributed by atoms with van der Waals surface area (Å²) in [5, 5.41) is 0.424. The Bertz CT molecular complexity index is 690. The molecule has 0 radical (unpaired) electrons. The number of carbonyl (C=O) groups is 1. The van der Waals surface area contributed by atoms with Gasteiger partial charge in [-0.05, 0) is 35.4 Å². The first-order valence-electron chi connectivity index (χ1n) is 6.00. The van der Waals surface area contributed by atoms with E-state index in [4.69, 9.17) is 11.6 Å². The Morgan fingerprint density at radius 2 is 1.71 bits per heavy atom. The van der Waals surface area contributed by atoms with Crippen LogP contribution in [0.3, 0.4) is 0 Å². The molecule has 2 aromatic carbocycles. The molecule has 108 valence electrons. The highest BCUT2D eigenvalue weighted by Crippen LogP contribution is 2.30. The molecule has 0 aromatic heterocycles. The molecule has 0 amide bonds. The molecule has 0 bridgehead atoms. The lowest BCUT2D eigenvalue weighted by molar-refractivity contribution is -0.137. The molecule has 0 aliphatic carbocycles. The normalized spacial score (nSPS) is 11.8. The molecule has 0 atom stereocenters. The Labute approximate surface area is 124 Å². The summed E-state index contributed by atoms with van der Waals surface area (Å²) in [5.74, 6) is 0. The minimum Gasteiger partial charge on any atom is -0.298 e. The van der Waals surface area contributed by atoms with E-state index in [1.54, 1.807) is 24.3 Å². The summed E-state index contributed by atoms with van der Waals surface area (Å²) < 4.78 is 37.8. The first kappa shape index (κ1) is 15.3. The predicted octanol–water partition coefficient (Wildman–Crippen LogP) is 5.34. The number of halogens is 4. The highest BCUT2D eigenvalue weighted by atomic mass is 35.5. The Morgan fingerprint density at radius 3 is 2.38 bits per heavy atom. The first-order valence-corrected chi connectivity index (χ1v) is 6.38. The van der Waals surface area contributed by atoms with Crippen LogP contribution in [0.2, 0.25) is 5.02 Å². The van der Waals surface area contributed by atoms with E-state index < -0.39 is 11.7 Å². The smallest absolute Gasteiger partial charge is 0.298 e. The van der Waals surface area contributed by atoms with Crippen molar-refractivity contribution in [2.45, 2.75) is 6.18 Å². The molecular weight excluding hydrogens is 301 g/mol. The van der Waals surface area contributed by atoms with Crippen LogP contribution in [-0.2, 0) is 6.18 Å². The molecule has 5 heteroatoms. The number of alkyl halides is 3. The van der Waals surface area contributed by atoms with Crippen LogP contribution in [0.5, 0.6) is 0 Å². The van der Waals surface area contributed by atoms with Crippen LogP contribution in [0.15, 0.2) is 42.5 Å². The molecule has 0 spiro atoms. The topological polar surface area (TPSA) is 17.1 Å². The van der Waals surface area contributed by atoms with E-state index in [1.165, 1.54) is 18.2 Å². The van der Waals surface area contributed by atoms with Crippen LogP contribution in [0.25, 0.3) is 12.2 Å². The van der Waals surface area contributed by atoms with Crippen molar-refractivity contribution in [1.82, 2.24) is 0 Å². The van der Waals surface area contributed by atoms with Crippen molar-refractivity contribution in [2.24, 2.45) is 0 Å². The van der Waals surface area contributed by atoms with Crippen molar-refractivity contribution in [3.8, 4) is 0 Å². The van der Waals surface area contributed by atoms with Crippen molar-refractivity contribution >= 4 is 30.0 Å². The quantitative estimate of drug-likeness (QED) is 0.552. The highest BCUT2D eigenvalue weighted by molar-refractivity contribution is 6.30. The Kier molecular flexibility index (Phi) is 4.48. The van der Waals surface area contributed by atoms with E-state index in [-0.39, 0.29) is 0 Å². The van der Waals surface area contributed by atoms with E-state index in [0.29, 0.717) is 28.0 Å². The lowest BCUT2D eigenvalue weighted by atomic mass is 10.1. The van der Waals surface area contributed by atoms with Crippen LogP contribution in [0.4, 0.5) is 13.2 Å². The van der Waals surface area contributed by atoms with Gasteiger partial charge in [0.1, 0.15) is 0 Å². The second-order valence-corrected chi connectivity index (χ2v) is 4.78. The number of hydrogen-bond acceptors (Lipinski definition) is 1. The van der Waals surface area contributed by atoms with Gasteiger partial charge in [0.05, 0.1) is 5.56 Å². The van der Waals surface area contributed by atoms with Gasteiger partial charge < -0.3 is 0 Å². The van der Waals surface area contributed by atoms with Crippen molar-refractivity contribution in [3.05, 3.63) is 69.7 Å². The third kappa shape index (κ3) is 3.95. The van der Waals surface area contributed by atoms with Crippen molar-refractivity contribution < 1.29 is 18.0 Å². The van der Waals surface area contributed by atoms with Gasteiger partial charge in [0.25, 0.3) is 0 Å². The van der Waals surface area contributed by atoms with Gasteiger partial charge >= 0.3 is 6.18 Å². The molecule has 1 nitrogen and oxygen atoms in total.